The molecule has 0 saturated heterocycles. The first-order chi connectivity index (χ1) is 15.1. The van der Waals surface area contributed by atoms with Gasteiger partial charge >= 0.3 is 0 Å². The number of nitrogens with one attached hydrogen (secondary N) is 1. The van der Waals surface area contributed by atoms with Gasteiger partial charge in [-0.1, -0.05) is 12.1 Å². The van der Waals surface area contributed by atoms with Gasteiger partial charge in [-0.05, 0) is 80.0 Å². The molecule has 1 heterocycles. The molecule has 1 N–H and O–H groups in total. The van der Waals surface area contributed by atoms with Crippen LogP contribution < -0.4 is 0 Å². The third-order valence-electron chi connectivity index (χ3n) is 6.44. The summed E-state index contributed by atoms with van der Waals surface area (Å²) in [4.78, 5) is 15.6. The molecule has 31 heavy (non-hydrogen) atoms. The summed E-state index contributed by atoms with van der Waals surface area (Å²) >= 11 is 0. The van der Waals surface area contributed by atoms with Gasteiger partial charge in [-0.15, -0.1) is 0 Å². The van der Waals surface area contributed by atoms with Gasteiger partial charge in [0.25, 0.3) is 5.91 Å². The van der Waals surface area contributed by atoms with Crippen molar-refractivity contribution in [2.24, 2.45) is 0 Å². The number of aromatic nitrogens is 2. The Morgan fingerprint density at radius 1 is 1.23 bits per heavy atom. The number of H-pyrrole nitrogens is 1. The first-order valence-corrected chi connectivity index (χ1v) is 10.7. The Kier molecular flexibility index (Phi) is 4.82. The summed E-state index contributed by atoms with van der Waals surface area (Å²) in [5.41, 5.74) is 5.00. The van der Waals surface area contributed by atoms with Crippen LogP contribution in [0.4, 0.5) is 4.39 Å². The zero-order valence-corrected chi connectivity index (χ0v) is 17.4. The summed E-state index contributed by atoms with van der Waals surface area (Å²) in [5, 5.41) is 16.6. The highest BCUT2D eigenvalue weighted by Crippen LogP contribution is 2.36. The SMILES string of the molecule is Cc1cc(C(=O)N(C2CC2)C2CCc3[nH]ncc3C2)ccc1-c1c(F)cccc1C#N. The minimum atomic E-state index is -0.432. The van der Waals surface area contributed by atoms with E-state index in [0.29, 0.717) is 28.3 Å². The van der Waals surface area contributed by atoms with Gasteiger partial charge in [0.2, 0.25) is 0 Å². The third-order valence-corrected chi connectivity index (χ3v) is 6.44. The van der Waals surface area contributed by atoms with E-state index in [1.807, 2.05) is 19.2 Å². The normalized spacial score (nSPS) is 17.6. The molecule has 5 rings (SSSR count). The number of nitriles is 1. The number of fused-ring (bicyclic) bond motifs is 1. The minimum absolute atomic E-state index is 0.0307. The monoisotopic (exact) mass is 414 g/mol. The largest absolute Gasteiger partial charge is 0.332 e. The molecule has 0 aliphatic heterocycles. The average molecular weight is 414 g/mol. The molecule has 6 heteroatoms. The lowest BCUT2D eigenvalue weighted by Gasteiger charge is -2.34. The first kappa shape index (κ1) is 19.5. The number of rotatable bonds is 4. The summed E-state index contributed by atoms with van der Waals surface area (Å²) in [7, 11) is 0. The van der Waals surface area contributed by atoms with Crippen LogP contribution in [0, 0.1) is 24.1 Å². The molecule has 2 aromatic carbocycles. The molecule has 1 atom stereocenters. The second-order valence-electron chi connectivity index (χ2n) is 8.52. The predicted molar refractivity (Wildman–Crippen MR) is 115 cm³/mol. The fourth-order valence-corrected chi connectivity index (χ4v) is 4.73. The molecule has 2 aliphatic carbocycles. The molecule has 1 aromatic heterocycles. The maximum absolute atomic E-state index is 14.5. The van der Waals surface area contributed by atoms with Gasteiger partial charge in [0.05, 0.1) is 17.8 Å². The molecule has 1 saturated carbocycles. The molecule has 1 fully saturated rings. The lowest BCUT2D eigenvalue weighted by Crippen LogP contribution is -2.44. The van der Waals surface area contributed by atoms with Crippen molar-refractivity contribution in [3.63, 3.8) is 0 Å². The Balaban J connectivity index is 1.46. The van der Waals surface area contributed by atoms with Crippen LogP contribution in [0.25, 0.3) is 11.1 Å². The lowest BCUT2D eigenvalue weighted by molar-refractivity contribution is 0.0642. The van der Waals surface area contributed by atoms with Crippen LogP contribution in [0.1, 0.15) is 52.0 Å². The molecule has 3 aromatic rings. The van der Waals surface area contributed by atoms with Crippen molar-refractivity contribution in [2.75, 3.05) is 0 Å². The molecule has 0 radical (unpaired) electrons. The Labute approximate surface area is 180 Å². The quantitative estimate of drug-likeness (QED) is 0.680. The number of carbonyl (C=O) groups is 1. The van der Waals surface area contributed by atoms with Crippen LogP contribution in [0.2, 0.25) is 0 Å². The van der Waals surface area contributed by atoms with E-state index in [9.17, 15) is 14.4 Å². The molecule has 0 spiro atoms. The number of nitrogens with zero attached hydrogens (tertiary/aromatic N) is 3. The molecule has 5 nitrogen and oxygen atoms in total. The Morgan fingerprint density at radius 2 is 2.06 bits per heavy atom. The Hall–Kier alpha value is -3.46. The highest BCUT2D eigenvalue weighted by molar-refractivity contribution is 5.96. The molecule has 2 aliphatic rings. The van der Waals surface area contributed by atoms with Crippen LogP contribution in [-0.2, 0) is 12.8 Å². The molecule has 1 amide bonds. The van der Waals surface area contributed by atoms with Crippen molar-refractivity contribution in [3.05, 3.63) is 76.4 Å². The van der Waals surface area contributed by atoms with Crippen LogP contribution in [0.15, 0.2) is 42.6 Å². The first-order valence-electron chi connectivity index (χ1n) is 10.7. The zero-order valence-electron chi connectivity index (χ0n) is 17.4. The van der Waals surface area contributed by atoms with E-state index in [2.05, 4.69) is 21.2 Å². The van der Waals surface area contributed by atoms with E-state index in [1.54, 1.807) is 18.2 Å². The highest BCUT2D eigenvalue weighted by Gasteiger charge is 2.39. The third kappa shape index (κ3) is 3.50. The molecule has 0 bridgehead atoms. The number of hydrogen-bond donors (Lipinski definition) is 1. The summed E-state index contributed by atoms with van der Waals surface area (Å²) < 4.78 is 14.5. The van der Waals surface area contributed by atoms with Crippen molar-refractivity contribution in [2.45, 2.75) is 51.1 Å². The fraction of sp³-hybridized carbons (Fsp3) is 0.320. The van der Waals surface area contributed by atoms with Crippen molar-refractivity contribution in [1.82, 2.24) is 15.1 Å². The van der Waals surface area contributed by atoms with Gasteiger partial charge in [0.1, 0.15) is 5.82 Å². The number of aryl methyl sites for hydroxylation is 2. The van der Waals surface area contributed by atoms with Crippen LogP contribution in [0.5, 0.6) is 0 Å². The highest BCUT2D eigenvalue weighted by atomic mass is 19.1. The van der Waals surface area contributed by atoms with E-state index in [1.165, 1.54) is 23.4 Å². The summed E-state index contributed by atoms with van der Waals surface area (Å²) in [5.74, 6) is -0.401. The number of aromatic amines is 1. The molecular weight excluding hydrogens is 391 g/mol. The average Bonchev–Trinajstić information content (AvgIpc) is 3.49. The van der Waals surface area contributed by atoms with Gasteiger partial charge in [0.15, 0.2) is 0 Å². The van der Waals surface area contributed by atoms with Gasteiger partial charge in [-0.2, -0.15) is 10.4 Å². The van der Waals surface area contributed by atoms with E-state index < -0.39 is 5.82 Å². The smallest absolute Gasteiger partial charge is 0.254 e. The summed E-state index contributed by atoms with van der Waals surface area (Å²) in [6.07, 6.45) is 6.60. The molecule has 1 unspecified atom stereocenters. The van der Waals surface area contributed by atoms with Crippen LogP contribution in [-0.4, -0.2) is 33.1 Å². The van der Waals surface area contributed by atoms with Gasteiger partial charge < -0.3 is 4.90 Å². The van der Waals surface area contributed by atoms with E-state index in [-0.39, 0.29) is 11.9 Å². The summed E-state index contributed by atoms with van der Waals surface area (Å²) in [6, 6.07) is 12.4. The van der Waals surface area contributed by atoms with Crippen LogP contribution in [0.3, 0.4) is 0 Å². The second kappa shape index (κ2) is 7.66. The summed E-state index contributed by atoms with van der Waals surface area (Å²) in [6.45, 7) is 1.86. The number of amides is 1. The number of benzene rings is 2. The maximum Gasteiger partial charge on any atom is 0.254 e. The Bertz CT molecular complexity index is 1200. The number of hydrogen-bond acceptors (Lipinski definition) is 3. The minimum Gasteiger partial charge on any atom is -0.332 e. The second-order valence-corrected chi connectivity index (χ2v) is 8.52. The number of halogens is 1. The van der Waals surface area contributed by atoms with E-state index in [0.717, 1.165) is 37.7 Å². The maximum atomic E-state index is 14.5. The standard InChI is InChI=1S/C25H23FN4O/c1-15-11-16(5-9-21(15)24-17(13-27)3-2-4-22(24)26)25(31)30(19-6-7-19)20-8-10-23-18(12-20)14-28-29-23/h2-5,9,11,14,19-20H,6-8,10,12H2,1H3,(H,28,29). The van der Waals surface area contributed by atoms with E-state index in [4.69, 9.17) is 0 Å². The fourth-order valence-electron chi connectivity index (χ4n) is 4.73. The van der Waals surface area contributed by atoms with Crippen molar-refractivity contribution in [3.8, 4) is 17.2 Å². The van der Waals surface area contributed by atoms with Crippen molar-refractivity contribution < 1.29 is 9.18 Å². The Morgan fingerprint density at radius 3 is 2.81 bits per heavy atom. The molecule has 156 valence electrons. The van der Waals surface area contributed by atoms with E-state index >= 15 is 0 Å². The molecular formula is C25H23FN4O. The number of carbonyl (C=O) groups excluding carboxylic acids is 1. The zero-order chi connectivity index (χ0) is 21.5. The van der Waals surface area contributed by atoms with Crippen molar-refractivity contribution >= 4 is 5.91 Å². The van der Waals surface area contributed by atoms with Gasteiger partial charge in [-0.25, -0.2) is 4.39 Å². The van der Waals surface area contributed by atoms with Crippen molar-refractivity contribution in [1.29, 1.82) is 5.26 Å². The van der Waals surface area contributed by atoms with Gasteiger partial charge in [-0.3, -0.25) is 9.89 Å². The topological polar surface area (TPSA) is 72.8 Å². The lowest BCUT2D eigenvalue weighted by atomic mass is 9.91. The van der Waals surface area contributed by atoms with Gasteiger partial charge in [0, 0.05) is 28.9 Å². The van der Waals surface area contributed by atoms with Crippen LogP contribution >= 0.6 is 0 Å². The predicted octanol–water partition coefficient (Wildman–Crippen LogP) is 4.56.